The van der Waals surface area contributed by atoms with Crippen molar-refractivity contribution in [2.45, 2.75) is 78.3 Å². The molecule has 0 fully saturated rings. The van der Waals surface area contributed by atoms with Crippen LogP contribution in [0.1, 0.15) is 65.9 Å². The Kier molecular flexibility index (Phi) is 28.2. The molecule has 1 aliphatic heterocycles. The number of benzene rings is 1. The first-order valence-corrected chi connectivity index (χ1v) is 20.7. The first-order valence-electron chi connectivity index (χ1n) is 19.5. The number of thioether (sulfide) groups is 1. The molecule has 6 amide bonds. The average molecular weight is 838 g/mol. The summed E-state index contributed by atoms with van der Waals surface area (Å²) in [5.74, 6) is -1.01. The van der Waals surface area contributed by atoms with Crippen molar-refractivity contribution in [1.29, 1.82) is 0 Å². The third-order valence-corrected chi connectivity index (χ3v) is 9.10. The second kappa shape index (κ2) is 31.6. The minimum absolute atomic E-state index is 0.00604. The summed E-state index contributed by atoms with van der Waals surface area (Å²) in [7, 11) is 0. The first-order chi connectivity index (χ1) is 27.8. The minimum atomic E-state index is -0.337. The van der Waals surface area contributed by atoms with Crippen molar-refractivity contribution in [3.8, 4) is 0 Å². The van der Waals surface area contributed by atoms with E-state index >= 15 is 0 Å². The first kappa shape index (κ1) is 51.7. The molecule has 4 N–H and O–H groups in total. The Bertz CT molecular complexity index is 1410. The summed E-state index contributed by atoms with van der Waals surface area (Å²) in [6.45, 7) is 13.8. The van der Waals surface area contributed by atoms with Crippen molar-refractivity contribution in [3.63, 3.8) is 0 Å². The third-order valence-electron chi connectivity index (χ3n) is 8.23. The van der Waals surface area contributed by atoms with Gasteiger partial charge in [0.25, 0.3) is 11.8 Å². The van der Waals surface area contributed by atoms with Crippen LogP contribution in [-0.2, 0) is 63.9 Å². The van der Waals surface area contributed by atoms with Gasteiger partial charge in [-0.15, -0.1) is 11.8 Å². The molecular formula is C40H63N5O12S. The number of rotatable bonds is 30. The van der Waals surface area contributed by atoms with Gasteiger partial charge in [-0.3, -0.25) is 38.5 Å². The molecule has 0 aliphatic carbocycles. The number of hydrogen-bond donors (Lipinski definition) is 4. The average Bonchev–Trinajstić information content (AvgIpc) is 3.51. The lowest BCUT2D eigenvalue weighted by molar-refractivity contribution is -0.148. The highest BCUT2D eigenvalue weighted by atomic mass is 32.2. The maximum atomic E-state index is 11.9. The molecule has 2 rings (SSSR count). The van der Waals surface area contributed by atoms with Gasteiger partial charge in [0, 0.05) is 49.8 Å². The predicted octanol–water partition coefficient (Wildman–Crippen LogP) is 2.57. The molecule has 326 valence electrons. The molecular weight excluding hydrogens is 775 g/mol. The number of nitrogens with zero attached hydrogens (tertiary/aromatic N) is 1. The summed E-state index contributed by atoms with van der Waals surface area (Å²) in [6, 6.07) is 7.23. The number of amides is 6. The van der Waals surface area contributed by atoms with Gasteiger partial charge in [-0.2, -0.15) is 0 Å². The van der Waals surface area contributed by atoms with E-state index in [0.29, 0.717) is 90.3 Å². The van der Waals surface area contributed by atoms with E-state index in [0.717, 1.165) is 10.5 Å². The van der Waals surface area contributed by atoms with E-state index in [4.69, 9.17) is 23.7 Å². The molecule has 18 heteroatoms. The Balaban J connectivity index is 0.000000632. The normalized spacial score (nSPS) is 13.1. The van der Waals surface area contributed by atoms with E-state index < -0.39 is 0 Å². The summed E-state index contributed by atoms with van der Waals surface area (Å²) in [5.41, 5.74) is 1.50. The van der Waals surface area contributed by atoms with Gasteiger partial charge in [-0.25, -0.2) is 0 Å². The van der Waals surface area contributed by atoms with E-state index in [1.807, 2.05) is 13.2 Å². The number of hydrogen-bond acceptors (Lipinski definition) is 13. The van der Waals surface area contributed by atoms with Gasteiger partial charge >= 0.3 is 5.97 Å². The Morgan fingerprint density at radius 2 is 1.33 bits per heavy atom. The molecule has 0 bridgehead atoms. The van der Waals surface area contributed by atoms with Crippen molar-refractivity contribution in [3.05, 3.63) is 42.0 Å². The monoisotopic (exact) mass is 837 g/mol. The summed E-state index contributed by atoms with van der Waals surface area (Å²) >= 11 is 1.40. The molecule has 2 atom stereocenters. The van der Waals surface area contributed by atoms with Gasteiger partial charge in [-0.05, 0) is 43.2 Å². The fraction of sp³-hybridized carbons (Fsp3) is 0.625. The van der Waals surface area contributed by atoms with Crippen LogP contribution in [0.4, 0.5) is 5.69 Å². The van der Waals surface area contributed by atoms with Crippen LogP contribution >= 0.6 is 11.8 Å². The van der Waals surface area contributed by atoms with Crippen molar-refractivity contribution in [2.24, 2.45) is 11.8 Å². The van der Waals surface area contributed by atoms with Crippen molar-refractivity contribution in [1.82, 2.24) is 20.9 Å². The molecule has 1 aromatic carbocycles. The van der Waals surface area contributed by atoms with Gasteiger partial charge in [0.2, 0.25) is 24.1 Å². The molecule has 1 heterocycles. The lowest BCUT2D eigenvalue weighted by atomic mass is 10.1. The Morgan fingerprint density at radius 1 is 0.759 bits per heavy atom. The second-order valence-corrected chi connectivity index (χ2v) is 14.7. The van der Waals surface area contributed by atoms with Gasteiger partial charge in [0.15, 0.2) is 0 Å². The largest absolute Gasteiger partial charge is 0.461 e. The quantitative estimate of drug-likeness (QED) is 0.0289. The number of carbonyl (C=O) groups is 7. The number of anilines is 1. The Morgan fingerprint density at radius 3 is 1.86 bits per heavy atom. The van der Waals surface area contributed by atoms with Crippen LogP contribution in [0.15, 0.2) is 36.4 Å². The highest BCUT2D eigenvalue weighted by Gasteiger charge is 2.22. The van der Waals surface area contributed by atoms with E-state index in [9.17, 15) is 33.6 Å². The summed E-state index contributed by atoms with van der Waals surface area (Å²) < 4.78 is 26.7. The molecule has 0 radical (unpaired) electrons. The molecule has 0 aromatic heterocycles. The fourth-order valence-corrected chi connectivity index (χ4v) is 5.00. The Labute approximate surface area is 346 Å². The van der Waals surface area contributed by atoms with Crippen LogP contribution in [-0.4, -0.2) is 130 Å². The third kappa shape index (κ3) is 25.1. The number of carbonyl (C=O) groups excluding carboxylic acids is 7. The number of imide groups is 1. The predicted molar refractivity (Wildman–Crippen MR) is 219 cm³/mol. The van der Waals surface area contributed by atoms with Crippen molar-refractivity contribution < 1.29 is 57.2 Å². The van der Waals surface area contributed by atoms with Crippen molar-refractivity contribution >= 4 is 59.4 Å². The maximum Gasteiger partial charge on any atom is 0.308 e. The zero-order valence-corrected chi connectivity index (χ0v) is 35.5. The smallest absolute Gasteiger partial charge is 0.308 e. The SMILES string of the molecule is CC(C)C(C)NC(=O)CCOCCOCCOCCOCCNC(=O)CCCN1C(=O)C=CC1=O.CSC(CC(=O)Nc1ccc(COC(=O)C(C)C)cc1)NC=O. The zero-order chi connectivity index (χ0) is 43.1. The summed E-state index contributed by atoms with van der Waals surface area (Å²) in [4.78, 5) is 81.1. The number of nitrogens with one attached hydrogen (secondary N) is 4. The topological polar surface area (TPSA) is 217 Å². The molecule has 1 aromatic rings. The van der Waals surface area contributed by atoms with Crippen LogP contribution in [0, 0.1) is 11.8 Å². The lowest BCUT2D eigenvalue weighted by Gasteiger charge is -2.17. The molecule has 17 nitrogen and oxygen atoms in total. The van der Waals surface area contributed by atoms with Crippen LogP contribution in [0.3, 0.4) is 0 Å². The molecule has 0 saturated heterocycles. The molecule has 0 saturated carbocycles. The maximum absolute atomic E-state index is 11.9. The molecule has 0 spiro atoms. The van der Waals surface area contributed by atoms with Crippen LogP contribution < -0.4 is 21.3 Å². The van der Waals surface area contributed by atoms with E-state index in [1.54, 1.807) is 38.1 Å². The lowest BCUT2D eigenvalue weighted by Crippen LogP contribution is -2.36. The standard InChI is InChI=1S/C24H41N3O8.C16H22N2O4S/c1-19(2)20(3)26-22(29)8-11-32-13-15-34-17-18-35-16-14-33-12-9-25-21(28)5-4-10-27-23(30)6-7-24(27)31;1-11(2)16(21)22-9-12-4-6-13(7-5-12)18-14(20)8-15(23-3)17-10-19/h6-7,19-20H,4-5,8-18H2,1-3H3,(H,25,28)(H,26,29);4-7,10-11,15H,8-9H2,1-3H3,(H,17,19)(H,18,20). The second-order valence-electron chi connectivity index (χ2n) is 13.6. The number of esters is 1. The van der Waals surface area contributed by atoms with E-state index in [1.165, 1.54) is 23.9 Å². The highest BCUT2D eigenvalue weighted by Crippen LogP contribution is 2.14. The van der Waals surface area contributed by atoms with Gasteiger partial charge in [-0.1, -0.05) is 39.8 Å². The molecule has 1 aliphatic rings. The van der Waals surface area contributed by atoms with Gasteiger partial charge in [0.1, 0.15) is 6.61 Å². The van der Waals surface area contributed by atoms with Crippen molar-refractivity contribution in [2.75, 3.05) is 77.5 Å². The molecule has 2 unspecified atom stereocenters. The minimum Gasteiger partial charge on any atom is -0.461 e. The van der Waals surface area contributed by atoms with E-state index in [2.05, 4.69) is 35.1 Å². The Hall–Kier alpha value is -4.36. The summed E-state index contributed by atoms with van der Waals surface area (Å²) in [5, 5.41) is 10.7. The zero-order valence-electron chi connectivity index (χ0n) is 34.7. The van der Waals surface area contributed by atoms with Gasteiger partial charge in [0.05, 0.1) is 70.6 Å². The number of ether oxygens (including phenoxy) is 5. The molecule has 58 heavy (non-hydrogen) atoms. The highest BCUT2D eigenvalue weighted by molar-refractivity contribution is 7.99. The van der Waals surface area contributed by atoms with Gasteiger partial charge < -0.3 is 45.0 Å². The van der Waals surface area contributed by atoms with Crippen LogP contribution in [0.25, 0.3) is 0 Å². The van der Waals surface area contributed by atoms with Crippen LogP contribution in [0.5, 0.6) is 0 Å². The summed E-state index contributed by atoms with van der Waals surface area (Å²) in [6.07, 6.45) is 6.04. The van der Waals surface area contributed by atoms with Crippen LogP contribution in [0.2, 0.25) is 0 Å². The fourth-order valence-electron chi connectivity index (χ4n) is 4.49. The van der Waals surface area contributed by atoms with E-state index in [-0.39, 0.29) is 78.8 Å².